The molecular formula is C20H20BrNS. The van der Waals surface area contributed by atoms with Crippen LogP contribution in [0.1, 0.15) is 31.2 Å². The lowest BCUT2D eigenvalue weighted by atomic mass is 10.0. The molecule has 23 heavy (non-hydrogen) atoms. The van der Waals surface area contributed by atoms with Crippen LogP contribution in [0.3, 0.4) is 0 Å². The van der Waals surface area contributed by atoms with Crippen LogP contribution in [0.4, 0.5) is 0 Å². The number of benzene rings is 2. The summed E-state index contributed by atoms with van der Waals surface area (Å²) >= 11 is 5.16. The molecule has 1 nitrogen and oxygen atoms in total. The summed E-state index contributed by atoms with van der Waals surface area (Å²) in [6.45, 7) is 0. The van der Waals surface area contributed by atoms with Crippen molar-refractivity contribution < 1.29 is 0 Å². The molecule has 0 N–H and O–H groups in total. The fourth-order valence-corrected chi connectivity index (χ4v) is 3.65. The zero-order valence-corrected chi connectivity index (χ0v) is 15.4. The van der Waals surface area contributed by atoms with Crippen LogP contribution < -0.4 is 0 Å². The van der Waals surface area contributed by atoms with Crippen molar-refractivity contribution in [3.05, 3.63) is 66.2 Å². The molecule has 0 aliphatic carbocycles. The van der Waals surface area contributed by atoms with E-state index in [0.29, 0.717) is 0 Å². The van der Waals surface area contributed by atoms with Gasteiger partial charge in [-0.15, -0.1) is 0 Å². The molecule has 0 aliphatic heterocycles. The maximum atomic E-state index is 9.54. The molecule has 0 spiro atoms. The van der Waals surface area contributed by atoms with E-state index in [-0.39, 0.29) is 0 Å². The molecule has 0 radical (unpaired) electrons. The quantitative estimate of drug-likeness (QED) is 0.286. The molecule has 2 aromatic carbocycles. The number of allylic oxidation sites excluding steroid dienone is 2. The molecule has 0 atom stereocenters. The Labute approximate surface area is 151 Å². The predicted molar refractivity (Wildman–Crippen MR) is 103 cm³/mol. The fraction of sp³-hybridized carbons (Fsp3) is 0.250. The van der Waals surface area contributed by atoms with Crippen LogP contribution in [0.5, 0.6) is 0 Å². The molecule has 0 saturated heterocycles. The standard InChI is InChI=1S/C20H20BrNS/c21-15-9-2-1-4-10-17(16-22)19-13-7-8-14-20(19)23-18-11-5-3-6-12-18/h3,5-8,10-14H,1-2,4,9,15H2/b17-10+. The normalized spacial score (nSPS) is 11.2. The maximum absolute atomic E-state index is 9.54. The van der Waals surface area contributed by atoms with Gasteiger partial charge in [0.1, 0.15) is 0 Å². The number of hydrogen-bond acceptors (Lipinski definition) is 2. The van der Waals surface area contributed by atoms with Crippen LogP contribution in [0.15, 0.2) is 70.5 Å². The lowest BCUT2D eigenvalue weighted by Crippen LogP contribution is -1.87. The van der Waals surface area contributed by atoms with Gasteiger partial charge in [0, 0.05) is 20.7 Å². The molecule has 118 valence electrons. The van der Waals surface area contributed by atoms with Crippen molar-refractivity contribution in [3.8, 4) is 6.07 Å². The maximum Gasteiger partial charge on any atom is 0.0994 e. The Bertz CT molecular complexity index is 674. The van der Waals surface area contributed by atoms with E-state index in [4.69, 9.17) is 0 Å². The van der Waals surface area contributed by atoms with Crippen molar-refractivity contribution in [2.75, 3.05) is 5.33 Å². The minimum absolute atomic E-state index is 0.780. The Morgan fingerprint density at radius 2 is 1.74 bits per heavy atom. The SMILES string of the molecule is N#C/C(=C\CCCCCBr)c1ccccc1Sc1ccccc1. The summed E-state index contributed by atoms with van der Waals surface area (Å²) in [6, 6.07) is 20.8. The molecule has 0 amide bonds. The zero-order valence-electron chi connectivity index (χ0n) is 13.0. The summed E-state index contributed by atoms with van der Waals surface area (Å²) in [4.78, 5) is 2.32. The molecule has 2 rings (SSSR count). The second-order valence-corrected chi connectivity index (χ2v) is 7.09. The van der Waals surface area contributed by atoms with Crippen molar-refractivity contribution in [1.82, 2.24) is 0 Å². The Hall–Kier alpha value is -1.50. The third-order valence-corrected chi connectivity index (χ3v) is 5.10. The fourth-order valence-electron chi connectivity index (χ4n) is 2.27. The van der Waals surface area contributed by atoms with E-state index in [2.05, 4.69) is 46.3 Å². The first kappa shape index (κ1) is 17.8. The van der Waals surface area contributed by atoms with Crippen LogP contribution in [0.25, 0.3) is 5.57 Å². The Morgan fingerprint density at radius 1 is 1.00 bits per heavy atom. The van der Waals surface area contributed by atoms with Crippen LogP contribution >= 0.6 is 27.7 Å². The van der Waals surface area contributed by atoms with E-state index in [1.54, 1.807) is 11.8 Å². The monoisotopic (exact) mass is 385 g/mol. The highest BCUT2D eigenvalue weighted by Crippen LogP contribution is 2.33. The first-order chi connectivity index (χ1) is 11.3. The van der Waals surface area contributed by atoms with Crippen molar-refractivity contribution in [3.63, 3.8) is 0 Å². The topological polar surface area (TPSA) is 23.8 Å². The molecule has 3 heteroatoms. The van der Waals surface area contributed by atoms with Crippen LogP contribution in [-0.2, 0) is 0 Å². The average Bonchev–Trinajstić information content (AvgIpc) is 2.60. The van der Waals surface area contributed by atoms with Gasteiger partial charge in [0.2, 0.25) is 0 Å². The van der Waals surface area contributed by atoms with Gasteiger partial charge in [-0.05, 0) is 37.5 Å². The van der Waals surface area contributed by atoms with E-state index in [1.807, 2.05) is 36.4 Å². The van der Waals surface area contributed by atoms with Gasteiger partial charge in [0.15, 0.2) is 0 Å². The molecule has 0 saturated carbocycles. The Morgan fingerprint density at radius 3 is 2.48 bits per heavy atom. The van der Waals surface area contributed by atoms with Crippen molar-refractivity contribution >= 4 is 33.3 Å². The molecule has 0 unspecified atom stereocenters. The van der Waals surface area contributed by atoms with Crippen molar-refractivity contribution in [1.29, 1.82) is 5.26 Å². The second kappa shape index (κ2) is 10.3. The lowest BCUT2D eigenvalue weighted by Gasteiger charge is -2.08. The van der Waals surface area contributed by atoms with E-state index >= 15 is 0 Å². The lowest BCUT2D eigenvalue weighted by molar-refractivity contribution is 0.737. The molecule has 0 bridgehead atoms. The first-order valence-corrected chi connectivity index (χ1v) is 9.77. The number of nitriles is 1. The average molecular weight is 386 g/mol. The number of halogens is 1. The predicted octanol–water partition coefficient (Wildman–Crippen LogP) is 6.70. The van der Waals surface area contributed by atoms with E-state index < -0.39 is 0 Å². The summed E-state index contributed by atoms with van der Waals surface area (Å²) in [6.07, 6.45) is 6.56. The third-order valence-electron chi connectivity index (χ3n) is 3.45. The van der Waals surface area contributed by atoms with E-state index in [1.165, 1.54) is 17.7 Å². The first-order valence-electron chi connectivity index (χ1n) is 7.83. The van der Waals surface area contributed by atoms with Crippen molar-refractivity contribution in [2.45, 2.75) is 35.5 Å². The third kappa shape index (κ3) is 5.89. The number of hydrogen-bond donors (Lipinski definition) is 0. The molecule has 0 aliphatic rings. The number of unbranched alkanes of at least 4 members (excludes halogenated alkanes) is 3. The minimum Gasteiger partial charge on any atom is -0.192 e. The second-order valence-electron chi connectivity index (χ2n) is 5.18. The van der Waals surface area contributed by atoms with Crippen LogP contribution in [-0.4, -0.2) is 5.33 Å². The minimum atomic E-state index is 0.780. The van der Waals surface area contributed by atoms with Gasteiger partial charge >= 0.3 is 0 Å². The molecular weight excluding hydrogens is 366 g/mol. The summed E-state index contributed by atoms with van der Waals surface area (Å²) in [7, 11) is 0. The van der Waals surface area contributed by atoms with Crippen molar-refractivity contribution in [2.24, 2.45) is 0 Å². The summed E-state index contributed by atoms with van der Waals surface area (Å²) in [5, 5.41) is 10.6. The molecule has 0 fully saturated rings. The summed E-state index contributed by atoms with van der Waals surface area (Å²) in [5.74, 6) is 0. The molecule has 0 heterocycles. The van der Waals surface area contributed by atoms with Gasteiger partial charge in [-0.3, -0.25) is 0 Å². The van der Waals surface area contributed by atoms with Gasteiger partial charge in [-0.25, -0.2) is 0 Å². The zero-order chi connectivity index (χ0) is 16.3. The Kier molecular flexibility index (Phi) is 8.00. The largest absolute Gasteiger partial charge is 0.192 e. The highest BCUT2D eigenvalue weighted by molar-refractivity contribution is 9.09. The van der Waals surface area contributed by atoms with Gasteiger partial charge in [0.05, 0.1) is 11.6 Å². The van der Waals surface area contributed by atoms with Gasteiger partial charge < -0.3 is 0 Å². The van der Waals surface area contributed by atoms with Gasteiger partial charge in [-0.1, -0.05) is 76.6 Å². The number of alkyl halides is 1. The molecule has 2 aromatic rings. The number of nitrogens with zero attached hydrogens (tertiary/aromatic N) is 1. The highest BCUT2D eigenvalue weighted by Gasteiger charge is 2.08. The van der Waals surface area contributed by atoms with Gasteiger partial charge in [0.25, 0.3) is 0 Å². The highest BCUT2D eigenvalue weighted by atomic mass is 79.9. The summed E-state index contributed by atoms with van der Waals surface area (Å²) in [5.41, 5.74) is 1.81. The summed E-state index contributed by atoms with van der Waals surface area (Å²) < 4.78 is 0. The number of rotatable bonds is 8. The van der Waals surface area contributed by atoms with E-state index in [9.17, 15) is 5.26 Å². The smallest absolute Gasteiger partial charge is 0.0994 e. The van der Waals surface area contributed by atoms with Crippen LogP contribution in [0.2, 0.25) is 0 Å². The van der Waals surface area contributed by atoms with E-state index in [0.717, 1.165) is 34.2 Å². The Balaban J connectivity index is 2.14. The molecule has 0 aromatic heterocycles. The van der Waals surface area contributed by atoms with Crippen LogP contribution in [0, 0.1) is 11.3 Å². The van der Waals surface area contributed by atoms with Gasteiger partial charge in [-0.2, -0.15) is 5.26 Å².